The lowest BCUT2D eigenvalue weighted by Gasteiger charge is -2.22. The largest absolute Gasteiger partial charge is 0.468 e. The molecule has 0 aromatic carbocycles. The second kappa shape index (κ2) is 3.44. The first-order valence-electron chi connectivity index (χ1n) is 4.48. The van der Waals surface area contributed by atoms with Gasteiger partial charge in [0.2, 0.25) is 0 Å². The van der Waals surface area contributed by atoms with Crippen LogP contribution in [0, 0.1) is 0 Å². The van der Waals surface area contributed by atoms with Crippen molar-refractivity contribution in [3.63, 3.8) is 0 Å². The summed E-state index contributed by atoms with van der Waals surface area (Å²) >= 11 is 0. The summed E-state index contributed by atoms with van der Waals surface area (Å²) in [6, 6.07) is 0.481. The van der Waals surface area contributed by atoms with Gasteiger partial charge in [-0.1, -0.05) is 6.92 Å². The van der Waals surface area contributed by atoms with E-state index in [1.54, 1.807) is 0 Å². The van der Waals surface area contributed by atoms with Crippen LogP contribution in [0.15, 0.2) is 0 Å². The van der Waals surface area contributed by atoms with E-state index in [1.165, 1.54) is 7.11 Å². The normalized spacial score (nSPS) is 35.1. The number of nitrogens with one attached hydrogen (secondary N) is 1. The van der Waals surface area contributed by atoms with Gasteiger partial charge in [0.05, 0.1) is 7.11 Å². The van der Waals surface area contributed by atoms with Gasteiger partial charge in [0, 0.05) is 6.04 Å². The summed E-state index contributed by atoms with van der Waals surface area (Å²) in [6.07, 6.45) is 3.03. The number of carbonyl (C=O) groups excluding carboxylic acids is 1. The average molecular weight is 171 g/mol. The van der Waals surface area contributed by atoms with E-state index in [0.29, 0.717) is 6.04 Å². The van der Waals surface area contributed by atoms with Crippen molar-refractivity contribution in [2.75, 3.05) is 7.11 Å². The maximum Gasteiger partial charge on any atom is 0.325 e. The van der Waals surface area contributed by atoms with E-state index in [-0.39, 0.29) is 5.97 Å². The second-order valence-electron chi connectivity index (χ2n) is 3.61. The number of methoxy groups -OCH3 is 1. The Kier molecular flexibility index (Phi) is 2.73. The summed E-state index contributed by atoms with van der Waals surface area (Å²) in [5.41, 5.74) is -0.435. The Morgan fingerprint density at radius 2 is 2.42 bits per heavy atom. The van der Waals surface area contributed by atoms with Gasteiger partial charge in [-0.3, -0.25) is 10.1 Å². The molecule has 0 aromatic rings. The molecule has 1 rings (SSSR count). The van der Waals surface area contributed by atoms with Crippen LogP contribution in [0.5, 0.6) is 0 Å². The molecular formula is C9H17NO2. The van der Waals surface area contributed by atoms with Crippen molar-refractivity contribution >= 4 is 5.97 Å². The fraction of sp³-hybridized carbons (Fsp3) is 0.889. The van der Waals surface area contributed by atoms with Crippen molar-refractivity contribution in [1.29, 1.82) is 0 Å². The molecular weight excluding hydrogens is 154 g/mol. The molecule has 0 spiro atoms. The van der Waals surface area contributed by atoms with Gasteiger partial charge in [0.25, 0.3) is 0 Å². The molecule has 0 aromatic heterocycles. The summed E-state index contributed by atoms with van der Waals surface area (Å²) in [6.45, 7) is 4.04. The van der Waals surface area contributed by atoms with Gasteiger partial charge >= 0.3 is 5.97 Å². The molecule has 1 aliphatic heterocycles. The molecule has 12 heavy (non-hydrogen) atoms. The number of ether oxygens (including phenoxy) is 1. The van der Waals surface area contributed by atoms with Crippen molar-refractivity contribution in [2.24, 2.45) is 0 Å². The fourth-order valence-corrected chi connectivity index (χ4v) is 1.75. The third-order valence-corrected chi connectivity index (χ3v) is 2.64. The predicted molar refractivity (Wildman–Crippen MR) is 46.9 cm³/mol. The van der Waals surface area contributed by atoms with Crippen LogP contribution >= 0.6 is 0 Å². The lowest BCUT2D eigenvalue weighted by Crippen LogP contribution is -2.47. The zero-order valence-electron chi connectivity index (χ0n) is 8.02. The van der Waals surface area contributed by atoms with Crippen LogP contribution < -0.4 is 5.32 Å². The molecule has 1 aliphatic rings. The highest BCUT2D eigenvalue weighted by atomic mass is 16.5. The molecule has 0 amide bonds. The van der Waals surface area contributed by atoms with Crippen LogP contribution in [0.4, 0.5) is 0 Å². The molecule has 2 unspecified atom stereocenters. The molecule has 0 saturated carbocycles. The third-order valence-electron chi connectivity index (χ3n) is 2.64. The number of carbonyl (C=O) groups is 1. The first-order valence-corrected chi connectivity index (χ1v) is 4.48. The third kappa shape index (κ3) is 1.61. The van der Waals surface area contributed by atoms with Gasteiger partial charge in [0.15, 0.2) is 0 Å². The van der Waals surface area contributed by atoms with Gasteiger partial charge in [-0.05, 0) is 26.2 Å². The van der Waals surface area contributed by atoms with Crippen LogP contribution in [-0.4, -0.2) is 24.7 Å². The standard InChI is InChI=1S/C9H17NO2/c1-4-7-5-6-9(2,10-7)8(11)12-3/h7,10H,4-6H2,1-3H3. The van der Waals surface area contributed by atoms with Crippen molar-refractivity contribution in [1.82, 2.24) is 5.32 Å². The van der Waals surface area contributed by atoms with E-state index in [1.807, 2.05) is 6.92 Å². The van der Waals surface area contributed by atoms with E-state index < -0.39 is 5.54 Å². The summed E-state index contributed by atoms with van der Waals surface area (Å²) in [5, 5.41) is 3.29. The van der Waals surface area contributed by atoms with Crippen molar-refractivity contribution in [3.8, 4) is 0 Å². The van der Waals surface area contributed by atoms with Crippen LogP contribution in [0.2, 0.25) is 0 Å². The van der Waals surface area contributed by atoms with E-state index in [2.05, 4.69) is 12.2 Å². The average Bonchev–Trinajstić information content (AvgIpc) is 2.47. The van der Waals surface area contributed by atoms with Crippen LogP contribution in [0.3, 0.4) is 0 Å². The monoisotopic (exact) mass is 171 g/mol. The number of hydrogen-bond acceptors (Lipinski definition) is 3. The molecule has 1 fully saturated rings. The maximum absolute atomic E-state index is 11.3. The van der Waals surface area contributed by atoms with Crippen LogP contribution in [0.25, 0.3) is 0 Å². The molecule has 1 N–H and O–H groups in total. The molecule has 2 atom stereocenters. The summed E-state index contributed by atoms with van der Waals surface area (Å²) in [5.74, 6) is -0.140. The topological polar surface area (TPSA) is 38.3 Å². The molecule has 1 heterocycles. The molecule has 70 valence electrons. The lowest BCUT2D eigenvalue weighted by atomic mass is 10.0. The second-order valence-corrected chi connectivity index (χ2v) is 3.61. The molecule has 0 radical (unpaired) electrons. The highest BCUT2D eigenvalue weighted by molar-refractivity contribution is 5.80. The van der Waals surface area contributed by atoms with Crippen molar-refractivity contribution < 1.29 is 9.53 Å². The highest BCUT2D eigenvalue weighted by Crippen LogP contribution is 2.25. The van der Waals surface area contributed by atoms with Gasteiger partial charge in [-0.2, -0.15) is 0 Å². The van der Waals surface area contributed by atoms with E-state index in [4.69, 9.17) is 4.74 Å². The molecule has 3 nitrogen and oxygen atoms in total. The zero-order chi connectivity index (χ0) is 9.19. The zero-order valence-corrected chi connectivity index (χ0v) is 8.02. The van der Waals surface area contributed by atoms with E-state index in [9.17, 15) is 4.79 Å². The Hall–Kier alpha value is -0.570. The first kappa shape index (κ1) is 9.52. The smallest absolute Gasteiger partial charge is 0.325 e. The molecule has 0 aliphatic carbocycles. The highest BCUT2D eigenvalue weighted by Gasteiger charge is 2.40. The predicted octanol–water partition coefficient (Wildman–Crippen LogP) is 1.08. The number of hydrogen-bond donors (Lipinski definition) is 1. The summed E-state index contributed by atoms with van der Waals surface area (Å²) < 4.78 is 4.73. The maximum atomic E-state index is 11.3. The van der Waals surface area contributed by atoms with E-state index >= 15 is 0 Å². The Bertz CT molecular complexity index is 181. The SMILES string of the molecule is CCC1CCC(C)(C(=O)OC)N1. The minimum atomic E-state index is -0.435. The first-order chi connectivity index (χ1) is 5.62. The van der Waals surface area contributed by atoms with Crippen molar-refractivity contribution in [2.45, 2.75) is 44.7 Å². The Morgan fingerprint density at radius 3 is 2.83 bits per heavy atom. The fourth-order valence-electron chi connectivity index (χ4n) is 1.75. The van der Waals surface area contributed by atoms with Crippen LogP contribution in [-0.2, 0) is 9.53 Å². The number of esters is 1. The van der Waals surface area contributed by atoms with Gasteiger partial charge in [-0.15, -0.1) is 0 Å². The molecule has 1 saturated heterocycles. The molecule has 0 bridgehead atoms. The molecule has 3 heteroatoms. The minimum absolute atomic E-state index is 0.140. The quantitative estimate of drug-likeness (QED) is 0.632. The summed E-state index contributed by atoms with van der Waals surface area (Å²) in [4.78, 5) is 11.3. The summed E-state index contributed by atoms with van der Waals surface area (Å²) in [7, 11) is 1.44. The Balaban J connectivity index is 2.57. The van der Waals surface area contributed by atoms with Crippen LogP contribution in [0.1, 0.15) is 33.1 Å². The Labute approximate surface area is 73.5 Å². The van der Waals surface area contributed by atoms with Gasteiger partial charge < -0.3 is 4.74 Å². The van der Waals surface area contributed by atoms with Crippen molar-refractivity contribution in [3.05, 3.63) is 0 Å². The van der Waals surface area contributed by atoms with Gasteiger partial charge in [-0.25, -0.2) is 0 Å². The Morgan fingerprint density at radius 1 is 1.75 bits per heavy atom. The lowest BCUT2D eigenvalue weighted by molar-refractivity contribution is -0.147. The van der Waals surface area contributed by atoms with E-state index in [0.717, 1.165) is 19.3 Å². The minimum Gasteiger partial charge on any atom is -0.468 e. The van der Waals surface area contributed by atoms with Gasteiger partial charge in [0.1, 0.15) is 5.54 Å². The number of rotatable bonds is 2.